The van der Waals surface area contributed by atoms with E-state index in [9.17, 15) is 13.2 Å². The quantitative estimate of drug-likeness (QED) is 0.858. The van der Waals surface area contributed by atoms with Crippen molar-refractivity contribution in [1.29, 1.82) is 0 Å². The lowest BCUT2D eigenvalue weighted by Crippen LogP contribution is -2.34. The van der Waals surface area contributed by atoms with E-state index in [4.69, 9.17) is 0 Å². The van der Waals surface area contributed by atoms with Crippen molar-refractivity contribution in [1.82, 2.24) is 5.32 Å². The van der Waals surface area contributed by atoms with Gasteiger partial charge in [0.15, 0.2) is 0 Å². The normalized spacial score (nSPS) is 16.9. The molecule has 1 nitrogen and oxygen atoms in total. The van der Waals surface area contributed by atoms with Crippen molar-refractivity contribution in [3.05, 3.63) is 34.9 Å². The van der Waals surface area contributed by atoms with Crippen molar-refractivity contribution in [3.63, 3.8) is 0 Å². The Morgan fingerprint density at radius 2 is 1.94 bits per heavy atom. The largest absolute Gasteiger partial charge is 0.407 e. The molecule has 1 atom stereocenters. The predicted molar refractivity (Wildman–Crippen MR) is 60.9 cm³/mol. The van der Waals surface area contributed by atoms with Gasteiger partial charge in [0, 0.05) is 0 Å². The van der Waals surface area contributed by atoms with E-state index < -0.39 is 12.2 Å². The highest BCUT2D eigenvalue weighted by molar-refractivity contribution is 5.37. The van der Waals surface area contributed by atoms with Gasteiger partial charge in [-0.3, -0.25) is 0 Å². The summed E-state index contributed by atoms with van der Waals surface area (Å²) < 4.78 is 38.6. The standard InChI is InChI=1S/C13H16F3N/c1-2-17-12(13(14,15)16)11-7-6-9-4-3-5-10(9)8-11/h6-8,12,17H,2-5H2,1H3. The predicted octanol–water partition coefficient (Wildman–Crippen LogP) is 3.39. The summed E-state index contributed by atoms with van der Waals surface area (Å²) in [5, 5.41) is 2.51. The average molecular weight is 243 g/mol. The molecule has 1 unspecified atom stereocenters. The SMILES string of the molecule is CCNC(c1ccc2c(c1)CCC2)C(F)(F)F. The van der Waals surface area contributed by atoms with Gasteiger partial charge in [-0.25, -0.2) is 0 Å². The van der Waals surface area contributed by atoms with Crippen LogP contribution in [0.4, 0.5) is 13.2 Å². The molecule has 0 amide bonds. The van der Waals surface area contributed by atoms with Crippen LogP contribution in [-0.4, -0.2) is 12.7 Å². The number of benzene rings is 1. The van der Waals surface area contributed by atoms with Crippen LogP contribution >= 0.6 is 0 Å². The fourth-order valence-electron chi connectivity index (χ4n) is 2.40. The molecule has 17 heavy (non-hydrogen) atoms. The molecular formula is C13H16F3N. The first-order chi connectivity index (χ1) is 8.02. The fourth-order valence-corrected chi connectivity index (χ4v) is 2.40. The molecule has 0 fully saturated rings. The number of alkyl halides is 3. The van der Waals surface area contributed by atoms with Crippen molar-refractivity contribution in [2.24, 2.45) is 0 Å². The lowest BCUT2D eigenvalue weighted by molar-refractivity contribution is -0.157. The Balaban J connectivity index is 2.30. The van der Waals surface area contributed by atoms with Crippen LogP contribution in [-0.2, 0) is 12.8 Å². The third-order valence-corrected chi connectivity index (χ3v) is 3.19. The molecule has 0 spiro atoms. The van der Waals surface area contributed by atoms with Crippen molar-refractivity contribution < 1.29 is 13.2 Å². The summed E-state index contributed by atoms with van der Waals surface area (Å²) in [5.41, 5.74) is 2.61. The minimum Gasteiger partial charge on any atom is -0.303 e. The van der Waals surface area contributed by atoms with E-state index in [0.717, 1.165) is 24.8 Å². The van der Waals surface area contributed by atoms with E-state index in [1.54, 1.807) is 19.1 Å². The van der Waals surface area contributed by atoms with Gasteiger partial charge >= 0.3 is 6.18 Å². The maximum Gasteiger partial charge on any atom is 0.407 e. The molecule has 1 N–H and O–H groups in total. The van der Waals surface area contributed by atoms with Gasteiger partial charge in [0.2, 0.25) is 0 Å². The van der Waals surface area contributed by atoms with Crippen LogP contribution in [0, 0.1) is 0 Å². The Bertz CT molecular complexity index is 398. The zero-order chi connectivity index (χ0) is 12.5. The van der Waals surface area contributed by atoms with E-state index >= 15 is 0 Å². The van der Waals surface area contributed by atoms with Crippen LogP contribution in [0.3, 0.4) is 0 Å². The zero-order valence-corrected chi connectivity index (χ0v) is 9.77. The minimum atomic E-state index is -4.23. The van der Waals surface area contributed by atoms with E-state index in [2.05, 4.69) is 5.32 Å². The number of halogens is 3. The van der Waals surface area contributed by atoms with Crippen LogP contribution in [0.1, 0.15) is 36.1 Å². The number of rotatable bonds is 3. The Hall–Kier alpha value is -1.03. The Morgan fingerprint density at radius 3 is 2.59 bits per heavy atom. The fraction of sp³-hybridized carbons (Fsp3) is 0.538. The Kier molecular flexibility index (Phi) is 3.43. The molecule has 1 aromatic carbocycles. The molecule has 0 bridgehead atoms. The summed E-state index contributed by atoms with van der Waals surface area (Å²) in [7, 11) is 0. The topological polar surface area (TPSA) is 12.0 Å². The minimum absolute atomic E-state index is 0.307. The van der Waals surface area contributed by atoms with Gasteiger partial charge in [-0.15, -0.1) is 0 Å². The number of aryl methyl sites for hydroxylation is 2. The third kappa shape index (κ3) is 2.63. The van der Waals surface area contributed by atoms with Crippen molar-refractivity contribution in [3.8, 4) is 0 Å². The first-order valence-electron chi connectivity index (χ1n) is 5.94. The smallest absolute Gasteiger partial charge is 0.303 e. The number of fused-ring (bicyclic) bond motifs is 1. The highest BCUT2D eigenvalue weighted by atomic mass is 19.4. The molecule has 0 saturated carbocycles. The van der Waals surface area contributed by atoms with Crippen LogP contribution in [0.5, 0.6) is 0 Å². The molecule has 94 valence electrons. The maximum atomic E-state index is 12.9. The van der Waals surface area contributed by atoms with Crippen LogP contribution in [0.25, 0.3) is 0 Å². The van der Waals surface area contributed by atoms with E-state index in [-0.39, 0.29) is 0 Å². The highest BCUT2D eigenvalue weighted by Gasteiger charge is 2.40. The summed E-state index contributed by atoms with van der Waals surface area (Å²) in [6.07, 6.45) is -1.28. The maximum absolute atomic E-state index is 12.9. The first kappa shape index (κ1) is 12.4. The monoisotopic (exact) mass is 243 g/mol. The molecule has 1 aliphatic rings. The van der Waals surface area contributed by atoms with E-state index in [1.165, 1.54) is 5.56 Å². The summed E-state index contributed by atoms with van der Waals surface area (Å²) in [6, 6.07) is 3.61. The van der Waals surface area contributed by atoms with Gasteiger partial charge in [-0.05, 0) is 42.5 Å². The van der Waals surface area contributed by atoms with Gasteiger partial charge < -0.3 is 5.32 Å². The molecule has 1 aliphatic carbocycles. The first-order valence-corrected chi connectivity index (χ1v) is 5.94. The molecule has 0 aliphatic heterocycles. The van der Waals surface area contributed by atoms with Gasteiger partial charge in [0.25, 0.3) is 0 Å². The Labute approximate surface area is 99.0 Å². The average Bonchev–Trinajstić information content (AvgIpc) is 2.71. The molecule has 0 saturated heterocycles. The van der Waals surface area contributed by atoms with E-state index in [0.29, 0.717) is 12.1 Å². The molecule has 1 aromatic rings. The Morgan fingerprint density at radius 1 is 1.24 bits per heavy atom. The van der Waals surface area contributed by atoms with Crippen LogP contribution < -0.4 is 5.32 Å². The third-order valence-electron chi connectivity index (χ3n) is 3.19. The molecule has 4 heteroatoms. The van der Waals surface area contributed by atoms with Crippen molar-refractivity contribution >= 4 is 0 Å². The molecular weight excluding hydrogens is 227 g/mol. The van der Waals surface area contributed by atoms with Gasteiger partial charge in [0.1, 0.15) is 6.04 Å². The summed E-state index contributed by atoms with van der Waals surface area (Å²) in [4.78, 5) is 0. The van der Waals surface area contributed by atoms with E-state index in [1.807, 2.05) is 6.07 Å². The van der Waals surface area contributed by atoms with Crippen molar-refractivity contribution in [2.45, 2.75) is 38.4 Å². The van der Waals surface area contributed by atoms with Gasteiger partial charge in [-0.1, -0.05) is 25.1 Å². The molecule has 0 aromatic heterocycles. The van der Waals surface area contributed by atoms with Crippen LogP contribution in [0.2, 0.25) is 0 Å². The van der Waals surface area contributed by atoms with Gasteiger partial charge in [0.05, 0.1) is 0 Å². The second-order valence-electron chi connectivity index (χ2n) is 4.41. The lowest BCUT2D eigenvalue weighted by Gasteiger charge is -2.22. The second-order valence-corrected chi connectivity index (χ2v) is 4.41. The molecule has 0 heterocycles. The highest BCUT2D eigenvalue weighted by Crippen LogP contribution is 2.34. The number of hydrogen-bond acceptors (Lipinski definition) is 1. The summed E-state index contributed by atoms with van der Waals surface area (Å²) in [5.74, 6) is 0. The summed E-state index contributed by atoms with van der Waals surface area (Å²) >= 11 is 0. The van der Waals surface area contributed by atoms with Crippen LogP contribution in [0.15, 0.2) is 18.2 Å². The lowest BCUT2D eigenvalue weighted by atomic mass is 10.0. The molecule has 0 radical (unpaired) electrons. The zero-order valence-electron chi connectivity index (χ0n) is 9.77. The number of nitrogens with one attached hydrogen (secondary N) is 1. The number of hydrogen-bond donors (Lipinski definition) is 1. The second kappa shape index (κ2) is 4.69. The van der Waals surface area contributed by atoms with Gasteiger partial charge in [-0.2, -0.15) is 13.2 Å². The van der Waals surface area contributed by atoms with Crippen molar-refractivity contribution in [2.75, 3.05) is 6.54 Å². The molecule has 2 rings (SSSR count). The summed E-state index contributed by atoms with van der Waals surface area (Å²) in [6.45, 7) is 1.99.